The van der Waals surface area contributed by atoms with Crippen molar-refractivity contribution >= 4 is 23.1 Å². The molecule has 0 saturated carbocycles. The Morgan fingerprint density at radius 3 is 2.54 bits per heavy atom. The van der Waals surface area contributed by atoms with E-state index < -0.39 is 0 Å². The van der Waals surface area contributed by atoms with Gasteiger partial charge in [-0.15, -0.1) is 5.10 Å². The van der Waals surface area contributed by atoms with Crippen LogP contribution in [0.15, 0.2) is 42.6 Å². The summed E-state index contributed by atoms with van der Waals surface area (Å²) in [7, 11) is 3.22. The van der Waals surface area contributed by atoms with Crippen LogP contribution in [0.3, 0.4) is 0 Å². The summed E-state index contributed by atoms with van der Waals surface area (Å²) in [5, 5.41) is 14.5. The van der Waals surface area contributed by atoms with Crippen LogP contribution in [-0.4, -0.2) is 29.4 Å². The van der Waals surface area contributed by atoms with E-state index >= 15 is 0 Å². The molecule has 0 aliphatic rings. The van der Waals surface area contributed by atoms with E-state index in [0.717, 1.165) is 16.9 Å². The first kappa shape index (κ1) is 17.5. The summed E-state index contributed by atoms with van der Waals surface area (Å²) in [4.78, 5) is 4.47. The fourth-order valence-electron chi connectivity index (χ4n) is 2.47. The standard InChI is InChI=1S/C19H21N5O2/c1-12-6-5-7-15(13(12)2)22-19-23-18(11-20-24-19)21-16-10-14(25-3)8-9-17(16)26-4/h5-11H,1-4H3,(H2,21,22,23,24). The molecule has 0 aliphatic carbocycles. The molecule has 0 atom stereocenters. The van der Waals surface area contributed by atoms with Gasteiger partial charge in [-0.3, -0.25) is 0 Å². The number of nitrogens with zero attached hydrogens (tertiary/aromatic N) is 3. The number of aryl methyl sites for hydroxylation is 1. The topological polar surface area (TPSA) is 81.2 Å². The van der Waals surface area contributed by atoms with Crippen LogP contribution in [0.4, 0.5) is 23.1 Å². The Kier molecular flexibility index (Phi) is 5.17. The summed E-state index contributed by atoms with van der Waals surface area (Å²) in [6.45, 7) is 4.11. The second kappa shape index (κ2) is 7.69. The lowest BCUT2D eigenvalue weighted by Crippen LogP contribution is -2.04. The third kappa shape index (κ3) is 3.83. The normalized spacial score (nSPS) is 10.3. The minimum atomic E-state index is 0.408. The van der Waals surface area contributed by atoms with Crippen LogP contribution in [0.5, 0.6) is 11.5 Å². The Balaban J connectivity index is 1.85. The zero-order valence-electron chi connectivity index (χ0n) is 15.2. The molecule has 26 heavy (non-hydrogen) atoms. The minimum Gasteiger partial charge on any atom is -0.497 e. The van der Waals surface area contributed by atoms with Crippen LogP contribution < -0.4 is 20.1 Å². The maximum Gasteiger partial charge on any atom is 0.249 e. The average Bonchev–Trinajstić information content (AvgIpc) is 2.66. The second-order valence-electron chi connectivity index (χ2n) is 5.73. The summed E-state index contributed by atoms with van der Waals surface area (Å²) in [6, 6.07) is 11.5. The van der Waals surface area contributed by atoms with Crippen molar-refractivity contribution in [3.8, 4) is 11.5 Å². The number of anilines is 4. The number of methoxy groups -OCH3 is 2. The van der Waals surface area contributed by atoms with Crippen LogP contribution in [0.1, 0.15) is 11.1 Å². The van der Waals surface area contributed by atoms with Gasteiger partial charge in [-0.25, -0.2) is 0 Å². The smallest absolute Gasteiger partial charge is 0.249 e. The molecule has 7 heteroatoms. The first-order valence-corrected chi connectivity index (χ1v) is 8.12. The molecule has 2 aromatic carbocycles. The highest BCUT2D eigenvalue weighted by Crippen LogP contribution is 2.31. The lowest BCUT2D eigenvalue weighted by atomic mass is 10.1. The molecule has 0 saturated heterocycles. The lowest BCUT2D eigenvalue weighted by Gasteiger charge is -2.13. The van der Waals surface area contributed by atoms with Crippen molar-refractivity contribution < 1.29 is 9.47 Å². The molecule has 0 aliphatic heterocycles. The fraction of sp³-hybridized carbons (Fsp3) is 0.211. The predicted molar refractivity (Wildman–Crippen MR) is 102 cm³/mol. The van der Waals surface area contributed by atoms with Gasteiger partial charge in [0.2, 0.25) is 5.95 Å². The Bertz CT molecular complexity index is 914. The van der Waals surface area contributed by atoms with Crippen molar-refractivity contribution in [2.75, 3.05) is 24.9 Å². The van der Waals surface area contributed by atoms with E-state index in [0.29, 0.717) is 23.3 Å². The Morgan fingerprint density at radius 2 is 1.77 bits per heavy atom. The molecule has 134 valence electrons. The average molecular weight is 351 g/mol. The number of nitrogens with one attached hydrogen (secondary N) is 2. The molecule has 7 nitrogen and oxygen atoms in total. The Hall–Kier alpha value is -3.35. The summed E-state index contributed by atoms with van der Waals surface area (Å²) < 4.78 is 10.6. The molecule has 1 heterocycles. The Morgan fingerprint density at radius 1 is 0.923 bits per heavy atom. The summed E-state index contributed by atoms with van der Waals surface area (Å²) in [6.07, 6.45) is 1.55. The van der Waals surface area contributed by atoms with Gasteiger partial charge in [0.05, 0.1) is 26.1 Å². The highest BCUT2D eigenvalue weighted by Gasteiger charge is 2.09. The summed E-state index contributed by atoms with van der Waals surface area (Å²) >= 11 is 0. The van der Waals surface area contributed by atoms with E-state index in [1.807, 2.05) is 37.3 Å². The largest absolute Gasteiger partial charge is 0.497 e. The molecule has 0 amide bonds. The van der Waals surface area contributed by atoms with Crippen LogP contribution >= 0.6 is 0 Å². The number of ether oxygens (including phenoxy) is 2. The van der Waals surface area contributed by atoms with E-state index in [9.17, 15) is 0 Å². The van der Waals surface area contributed by atoms with Gasteiger partial charge in [0.15, 0.2) is 5.82 Å². The fourth-order valence-corrected chi connectivity index (χ4v) is 2.47. The van der Waals surface area contributed by atoms with Gasteiger partial charge in [-0.05, 0) is 43.2 Å². The SMILES string of the molecule is COc1ccc(OC)c(Nc2cnnc(Nc3cccc(C)c3C)n2)c1. The molecule has 3 rings (SSSR count). The zero-order valence-corrected chi connectivity index (χ0v) is 15.2. The molecule has 0 unspecified atom stereocenters. The third-order valence-corrected chi connectivity index (χ3v) is 4.08. The number of aromatic nitrogens is 3. The molecule has 0 radical (unpaired) electrons. The molecule has 0 bridgehead atoms. The Labute approximate surface area is 152 Å². The zero-order chi connectivity index (χ0) is 18.5. The maximum atomic E-state index is 5.37. The number of hydrogen-bond acceptors (Lipinski definition) is 7. The maximum absolute atomic E-state index is 5.37. The van der Waals surface area contributed by atoms with Crippen molar-refractivity contribution in [2.24, 2.45) is 0 Å². The van der Waals surface area contributed by atoms with Crippen molar-refractivity contribution in [3.63, 3.8) is 0 Å². The van der Waals surface area contributed by atoms with Crippen LogP contribution in [0.2, 0.25) is 0 Å². The van der Waals surface area contributed by atoms with Crippen molar-refractivity contribution in [1.82, 2.24) is 15.2 Å². The van der Waals surface area contributed by atoms with Gasteiger partial charge in [-0.2, -0.15) is 10.1 Å². The minimum absolute atomic E-state index is 0.408. The number of benzene rings is 2. The summed E-state index contributed by atoms with van der Waals surface area (Å²) in [5.41, 5.74) is 4.01. The van der Waals surface area contributed by atoms with E-state index in [4.69, 9.17) is 9.47 Å². The first-order chi connectivity index (χ1) is 12.6. The number of hydrogen-bond donors (Lipinski definition) is 2. The molecular formula is C19H21N5O2. The molecule has 0 spiro atoms. The third-order valence-electron chi connectivity index (χ3n) is 4.08. The van der Waals surface area contributed by atoms with Crippen LogP contribution in [-0.2, 0) is 0 Å². The predicted octanol–water partition coefficient (Wildman–Crippen LogP) is 3.99. The van der Waals surface area contributed by atoms with E-state index in [2.05, 4.69) is 38.8 Å². The molecule has 1 aromatic heterocycles. The quantitative estimate of drug-likeness (QED) is 0.695. The highest BCUT2D eigenvalue weighted by atomic mass is 16.5. The van der Waals surface area contributed by atoms with Gasteiger partial charge < -0.3 is 20.1 Å². The first-order valence-electron chi connectivity index (χ1n) is 8.12. The van der Waals surface area contributed by atoms with Gasteiger partial charge in [0, 0.05) is 11.8 Å². The molecule has 2 N–H and O–H groups in total. The van der Waals surface area contributed by atoms with E-state index in [-0.39, 0.29) is 0 Å². The van der Waals surface area contributed by atoms with Gasteiger partial charge in [0.25, 0.3) is 0 Å². The second-order valence-corrected chi connectivity index (χ2v) is 5.73. The number of rotatable bonds is 6. The lowest BCUT2D eigenvalue weighted by molar-refractivity contribution is 0.405. The van der Waals surface area contributed by atoms with Crippen molar-refractivity contribution in [2.45, 2.75) is 13.8 Å². The van der Waals surface area contributed by atoms with E-state index in [1.165, 1.54) is 5.56 Å². The van der Waals surface area contributed by atoms with Crippen LogP contribution in [0.25, 0.3) is 0 Å². The molecule has 3 aromatic rings. The van der Waals surface area contributed by atoms with Gasteiger partial charge in [-0.1, -0.05) is 12.1 Å². The van der Waals surface area contributed by atoms with E-state index in [1.54, 1.807) is 20.4 Å². The monoisotopic (exact) mass is 351 g/mol. The molecule has 0 fully saturated rings. The van der Waals surface area contributed by atoms with Crippen LogP contribution in [0, 0.1) is 13.8 Å². The highest BCUT2D eigenvalue weighted by molar-refractivity contribution is 5.67. The van der Waals surface area contributed by atoms with Gasteiger partial charge in [0.1, 0.15) is 11.5 Å². The van der Waals surface area contributed by atoms with Crippen molar-refractivity contribution in [1.29, 1.82) is 0 Å². The molecular weight excluding hydrogens is 330 g/mol. The van der Waals surface area contributed by atoms with Gasteiger partial charge >= 0.3 is 0 Å². The van der Waals surface area contributed by atoms with Crippen molar-refractivity contribution in [3.05, 3.63) is 53.7 Å². The summed E-state index contributed by atoms with van der Waals surface area (Å²) in [5.74, 6) is 2.34.